The van der Waals surface area contributed by atoms with Crippen LogP contribution in [0, 0.1) is 12.8 Å². The number of hydrogen-bond donors (Lipinski definition) is 1. The molecule has 20 heavy (non-hydrogen) atoms. The van der Waals surface area contributed by atoms with Gasteiger partial charge in [-0.1, -0.05) is 0 Å². The van der Waals surface area contributed by atoms with Gasteiger partial charge in [0.05, 0.1) is 12.7 Å². The molecule has 1 aliphatic rings. The minimum atomic E-state index is 0.207. The smallest absolute Gasteiger partial charge is 0.219 e. The Balaban J connectivity index is 1.66. The predicted molar refractivity (Wildman–Crippen MR) is 79.4 cm³/mol. The molecule has 1 aromatic rings. The third kappa shape index (κ3) is 4.34. The van der Waals surface area contributed by atoms with Crippen molar-refractivity contribution in [2.75, 3.05) is 19.6 Å². The van der Waals surface area contributed by atoms with Crippen LogP contribution in [-0.2, 0) is 11.3 Å². The molecule has 1 atom stereocenters. The molecule has 0 saturated carbocycles. The van der Waals surface area contributed by atoms with Crippen LogP contribution < -0.4 is 5.32 Å². The lowest BCUT2D eigenvalue weighted by molar-refractivity contribution is -0.130. The van der Waals surface area contributed by atoms with Crippen LogP contribution in [0.1, 0.15) is 32.3 Å². The van der Waals surface area contributed by atoms with E-state index in [1.54, 1.807) is 6.92 Å². The number of likely N-dealkylation sites (tertiary alicyclic amines) is 1. The lowest BCUT2D eigenvalue weighted by Crippen LogP contribution is -2.41. The predicted octanol–water partition coefficient (Wildman–Crippen LogP) is 1.43. The molecule has 0 spiro atoms. The van der Waals surface area contributed by atoms with Gasteiger partial charge >= 0.3 is 0 Å². The van der Waals surface area contributed by atoms with Gasteiger partial charge in [0, 0.05) is 32.3 Å². The van der Waals surface area contributed by atoms with E-state index in [0.717, 1.165) is 39.0 Å². The summed E-state index contributed by atoms with van der Waals surface area (Å²) >= 11 is 0. The van der Waals surface area contributed by atoms with Crippen LogP contribution in [0.4, 0.5) is 0 Å². The van der Waals surface area contributed by atoms with E-state index in [2.05, 4.69) is 30.5 Å². The lowest BCUT2D eigenvalue weighted by atomic mass is 9.96. The number of carbonyl (C=O) groups is 1. The van der Waals surface area contributed by atoms with Crippen LogP contribution in [0.3, 0.4) is 0 Å². The Morgan fingerprint density at radius 3 is 2.75 bits per heavy atom. The maximum absolute atomic E-state index is 11.3. The van der Waals surface area contributed by atoms with E-state index in [0.29, 0.717) is 12.0 Å². The highest BCUT2D eigenvalue weighted by Gasteiger charge is 2.20. The van der Waals surface area contributed by atoms with Crippen molar-refractivity contribution in [2.45, 2.75) is 46.2 Å². The molecule has 1 saturated heterocycles. The first-order chi connectivity index (χ1) is 9.54. The van der Waals surface area contributed by atoms with Crippen molar-refractivity contribution in [3.8, 4) is 0 Å². The highest BCUT2D eigenvalue weighted by molar-refractivity contribution is 5.73. The summed E-state index contributed by atoms with van der Waals surface area (Å²) in [6.07, 6.45) is 6.19. The summed E-state index contributed by atoms with van der Waals surface area (Å²) in [4.78, 5) is 13.2. The van der Waals surface area contributed by atoms with E-state index in [1.165, 1.54) is 5.56 Å². The minimum absolute atomic E-state index is 0.207. The Morgan fingerprint density at radius 1 is 1.50 bits per heavy atom. The van der Waals surface area contributed by atoms with Crippen LogP contribution in [0.25, 0.3) is 0 Å². The van der Waals surface area contributed by atoms with Gasteiger partial charge in [-0.15, -0.1) is 0 Å². The van der Waals surface area contributed by atoms with Crippen molar-refractivity contribution < 1.29 is 4.79 Å². The Kier molecular flexibility index (Phi) is 5.17. The number of aromatic nitrogens is 2. The normalized spacial score (nSPS) is 18.2. The molecule has 112 valence electrons. The Hall–Kier alpha value is -1.36. The maximum Gasteiger partial charge on any atom is 0.219 e. The average Bonchev–Trinajstić information content (AvgIpc) is 2.82. The third-order valence-corrected chi connectivity index (χ3v) is 4.04. The van der Waals surface area contributed by atoms with Gasteiger partial charge in [0.1, 0.15) is 0 Å². The van der Waals surface area contributed by atoms with Gasteiger partial charge < -0.3 is 10.2 Å². The SMILES string of the molecule is CC(=O)N1CCC(CNC(C)Cn2cc(C)cn2)CC1. The van der Waals surface area contributed by atoms with Crippen LogP contribution in [0.2, 0.25) is 0 Å². The molecule has 1 aliphatic heterocycles. The number of carbonyl (C=O) groups excluding carboxylic acids is 1. The van der Waals surface area contributed by atoms with Crippen molar-refractivity contribution in [1.82, 2.24) is 20.0 Å². The largest absolute Gasteiger partial charge is 0.343 e. The quantitative estimate of drug-likeness (QED) is 0.886. The van der Waals surface area contributed by atoms with E-state index < -0.39 is 0 Å². The Morgan fingerprint density at radius 2 is 2.20 bits per heavy atom. The summed E-state index contributed by atoms with van der Waals surface area (Å²) in [7, 11) is 0. The van der Waals surface area contributed by atoms with Crippen molar-refractivity contribution in [2.24, 2.45) is 5.92 Å². The first-order valence-electron chi connectivity index (χ1n) is 7.52. The fourth-order valence-corrected chi connectivity index (χ4v) is 2.73. The summed E-state index contributed by atoms with van der Waals surface area (Å²) in [5.41, 5.74) is 1.20. The summed E-state index contributed by atoms with van der Waals surface area (Å²) in [6, 6.07) is 0.417. The molecule has 1 fully saturated rings. The molecular weight excluding hydrogens is 252 g/mol. The molecule has 0 radical (unpaired) electrons. The van der Waals surface area contributed by atoms with Crippen molar-refractivity contribution in [3.63, 3.8) is 0 Å². The molecule has 1 amide bonds. The Labute approximate surface area is 121 Å². The second-order valence-electron chi connectivity index (χ2n) is 6.00. The van der Waals surface area contributed by atoms with E-state index in [9.17, 15) is 4.79 Å². The second kappa shape index (κ2) is 6.88. The number of nitrogens with zero attached hydrogens (tertiary/aromatic N) is 3. The minimum Gasteiger partial charge on any atom is -0.343 e. The maximum atomic E-state index is 11.3. The zero-order valence-electron chi connectivity index (χ0n) is 12.8. The van der Waals surface area contributed by atoms with E-state index in [4.69, 9.17) is 0 Å². The van der Waals surface area contributed by atoms with Gasteiger partial charge in [-0.2, -0.15) is 5.10 Å². The summed E-state index contributed by atoms with van der Waals surface area (Å²) in [6.45, 7) is 9.68. The van der Waals surface area contributed by atoms with Gasteiger partial charge in [-0.05, 0) is 44.7 Å². The molecule has 5 nitrogen and oxygen atoms in total. The van der Waals surface area contributed by atoms with Gasteiger partial charge in [-0.25, -0.2) is 0 Å². The lowest BCUT2D eigenvalue weighted by Gasteiger charge is -2.32. The number of piperidine rings is 1. The van der Waals surface area contributed by atoms with Crippen molar-refractivity contribution in [1.29, 1.82) is 0 Å². The first kappa shape index (κ1) is 15.0. The Bertz CT molecular complexity index is 435. The van der Waals surface area contributed by atoms with Gasteiger partial charge in [0.25, 0.3) is 0 Å². The second-order valence-corrected chi connectivity index (χ2v) is 6.00. The van der Waals surface area contributed by atoms with Crippen molar-refractivity contribution in [3.05, 3.63) is 18.0 Å². The highest BCUT2D eigenvalue weighted by Crippen LogP contribution is 2.16. The fraction of sp³-hybridized carbons (Fsp3) is 0.733. The molecule has 2 heterocycles. The molecule has 5 heteroatoms. The topological polar surface area (TPSA) is 50.2 Å². The highest BCUT2D eigenvalue weighted by atomic mass is 16.2. The third-order valence-electron chi connectivity index (χ3n) is 4.04. The van der Waals surface area contributed by atoms with Gasteiger partial charge in [0.2, 0.25) is 5.91 Å². The van der Waals surface area contributed by atoms with Crippen LogP contribution in [0.15, 0.2) is 12.4 Å². The fourth-order valence-electron chi connectivity index (χ4n) is 2.73. The molecule has 1 unspecified atom stereocenters. The van der Waals surface area contributed by atoms with Gasteiger partial charge in [-0.3, -0.25) is 9.48 Å². The standard InChI is InChI=1S/C15H26N4O/c1-12-8-17-19(10-12)11-13(2)16-9-15-4-6-18(7-5-15)14(3)20/h8,10,13,15-16H,4-7,9,11H2,1-3H3. The molecular formula is C15H26N4O. The van der Waals surface area contributed by atoms with E-state index in [1.807, 2.05) is 15.8 Å². The monoisotopic (exact) mass is 278 g/mol. The molecule has 0 bridgehead atoms. The molecule has 1 N–H and O–H groups in total. The molecule has 2 rings (SSSR count). The number of rotatable bonds is 5. The molecule has 1 aromatic heterocycles. The zero-order valence-corrected chi connectivity index (χ0v) is 12.8. The summed E-state index contributed by atoms with van der Waals surface area (Å²) < 4.78 is 1.99. The van der Waals surface area contributed by atoms with E-state index >= 15 is 0 Å². The molecule has 0 aliphatic carbocycles. The number of nitrogens with one attached hydrogen (secondary N) is 1. The first-order valence-corrected chi connectivity index (χ1v) is 7.52. The summed E-state index contributed by atoms with van der Waals surface area (Å²) in [5, 5.41) is 7.90. The van der Waals surface area contributed by atoms with Crippen molar-refractivity contribution >= 4 is 5.91 Å². The average molecular weight is 278 g/mol. The summed E-state index contributed by atoms with van der Waals surface area (Å²) in [5.74, 6) is 0.895. The molecule has 0 aromatic carbocycles. The van der Waals surface area contributed by atoms with E-state index in [-0.39, 0.29) is 5.91 Å². The number of aryl methyl sites for hydroxylation is 1. The van der Waals surface area contributed by atoms with Crippen LogP contribution >= 0.6 is 0 Å². The number of hydrogen-bond acceptors (Lipinski definition) is 3. The van der Waals surface area contributed by atoms with Crippen LogP contribution in [-0.4, -0.2) is 46.3 Å². The van der Waals surface area contributed by atoms with Crippen LogP contribution in [0.5, 0.6) is 0 Å². The van der Waals surface area contributed by atoms with Gasteiger partial charge in [0.15, 0.2) is 0 Å². The zero-order chi connectivity index (χ0) is 14.5. The number of amides is 1.